The second kappa shape index (κ2) is 4.65. The first-order valence-corrected chi connectivity index (χ1v) is 5.93. The van der Waals surface area contributed by atoms with Crippen LogP contribution >= 0.6 is 0 Å². The third-order valence-corrected chi connectivity index (χ3v) is 2.77. The van der Waals surface area contributed by atoms with Gasteiger partial charge >= 0.3 is 0 Å². The zero-order valence-corrected chi connectivity index (χ0v) is 10.6. The van der Waals surface area contributed by atoms with Gasteiger partial charge in [0.2, 0.25) is 5.82 Å². The number of pyridine rings is 1. The van der Waals surface area contributed by atoms with Gasteiger partial charge in [-0.2, -0.15) is 4.98 Å². The van der Waals surface area contributed by atoms with Gasteiger partial charge in [-0.1, -0.05) is 11.2 Å². The molecular weight excluding hydrogens is 258 g/mol. The van der Waals surface area contributed by atoms with Crippen LogP contribution < -0.4 is 0 Å². The molecule has 2 aromatic heterocycles. The van der Waals surface area contributed by atoms with Crippen LogP contribution in [-0.2, 0) is 0 Å². The highest BCUT2D eigenvalue weighted by atomic mass is 16.5. The van der Waals surface area contributed by atoms with Crippen LogP contribution in [0.15, 0.2) is 40.9 Å². The maximum Gasteiger partial charge on any atom is 0.258 e. The fraction of sp³-hybridized carbons (Fsp3) is 0.0714. The number of aryl methyl sites for hydroxylation is 1. The van der Waals surface area contributed by atoms with Crippen molar-refractivity contribution in [1.29, 1.82) is 0 Å². The lowest BCUT2D eigenvalue weighted by molar-refractivity contribution is 0.402. The molecule has 0 saturated carbocycles. The third-order valence-electron chi connectivity index (χ3n) is 2.77. The lowest BCUT2D eigenvalue weighted by Gasteiger charge is -1.98. The molecule has 3 rings (SSSR count). The van der Waals surface area contributed by atoms with E-state index in [9.17, 15) is 10.2 Å². The van der Waals surface area contributed by atoms with E-state index < -0.39 is 0 Å². The molecule has 0 unspecified atom stereocenters. The fourth-order valence-corrected chi connectivity index (χ4v) is 1.77. The normalized spacial score (nSPS) is 10.7. The molecule has 0 fully saturated rings. The molecule has 0 bridgehead atoms. The highest BCUT2D eigenvalue weighted by Gasteiger charge is 2.13. The molecule has 0 aliphatic carbocycles. The van der Waals surface area contributed by atoms with Gasteiger partial charge in [-0.15, -0.1) is 0 Å². The Morgan fingerprint density at radius 2 is 1.85 bits per heavy atom. The average Bonchev–Trinajstić information content (AvgIpc) is 2.92. The van der Waals surface area contributed by atoms with Crippen LogP contribution in [-0.4, -0.2) is 25.3 Å². The summed E-state index contributed by atoms with van der Waals surface area (Å²) in [5.41, 5.74) is 1.99. The number of hydrogen-bond acceptors (Lipinski definition) is 6. The Hall–Kier alpha value is -2.89. The summed E-state index contributed by atoms with van der Waals surface area (Å²) in [5, 5.41) is 22.6. The molecular formula is C14H11N3O3. The summed E-state index contributed by atoms with van der Waals surface area (Å²) in [6, 6.07) is 9.82. The lowest BCUT2D eigenvalue weighted by Crippen LogP contribution is -1.87. The number of phenols is 2. The second-order valence-electron chi connectivity index (χ2n) is 4.29. The van der Waals surface area contributed by atoms with Crippen LogP contribution in [0.1, 0.15) is 5.69 Å². The summed E-state index contributed by atoms with van der Waals surface area (Å²) >= 11 is 0. The third kappa shape index (κ3) is 2.18. The van der Waals surface area contributed by atoms with E-state index in [0.717, 1.165) is 5.69 Å². The second-order valence-corrected chi connectivity index (χ2v) is 4.29. The number of nitrogens with zero attached hydrogens (tertiary/aromatic N) is 3. The van der Waals surface area contributed by atoms with Gasteiger partial charge in [-0.05, 0) is 37.3 Å². The molecule has 6 nitrogen and oxygen atoms in total. The van der Waals surface area contributed by atoms with E-state index in [1.54, 1.807) is 12.1 Å². The molecule has 0 radical (unpaired) electrons. The SMILES string of the molecule is Cc1cccc(-c2noc(-c3ccc(O)c(O)c3)n2)n1. The van der Waals surface area contributed by atoms with Gasteiger partial charge in [-0.3, -0.25) is 0 Å². The molecule has 3 aromatic rings. The molecule has 0 spiro atoms. The van der Waals surface area contributed by atoms with Crippen molar-refractivity contribution >= 4 is 0 Å². The maximum atomic E-state index is 9.47. The van der Waals surface area contributed by atoms with Crippen molar-refractivity contribution in [2.75, 3.05) is 0 Å². The van der Waals surface area contributed by atoms with E-state index in [1.165, 1.54) is 12.1 Å². The van der Waals surface area contributed by atoms with Crippen molar-refractivity contribution in [2.45, 2.75) is 6.92 Å². The summed E-state index contributed by atoms with van der Waals surface area (Å²) in [6.07, 6.45) is 0. The van der Waals surface area contributed by atoms with Crippen molar-refractivity contribution < 1.29 is 14.7 Å². The number of hydrogen-bond donors (Lipinski definition) is 2. The summed E-state index contributed by atoms with van der Waals surface area (Å²) in [4.78, 5) is 8.54. The summed E-state index contributed by atoms with van der Waals surface area (Å²) < 4.78 is 5.15. The van der Waals surface area contributed by atoms with Gasteiger partial charge in [0.25, 0.3) is 5.89 Å². The Labute approximate surface area is 114 Å². The first-order chi connectivity index (χ1) is 9.63. The largest absolute Gasteiger partial charge is 0.504 e. The summed E-state index contributed by atoms with van der Waals surface area (Å²) in [5.74, 6) is 0.180. The molecule has 20 heavy (non-hydrogen) atoms. The van der Waals surface area contributed by atoms with Crippen LogP contribution in [0.3, 0.4) is 0 Å². The maximum absolute atomic E-state index is 9.47. The lowest BCUT2D eigenvalue weighted by atomic mass is 10.2. The van der Waals surface area contributed by atoms with Crippen molar-refractivity contribution in [3.05, 3.63) is 42.1 Å². The van der Waals surface area contributed by atoms with Gasteiger partial charge in [0.15, 0.2) is 11.5 Å². The van der Waals surface area contributed by atoms with Crippen LogP contribution in [0.25, 0.3) is 23.0 Å². The van der Waals surface area contributed by atoms with E-state index >= 15 is 0 Å². The average molecular weight is 269 g/mol. The number of phenolic OH excluding ortho intramolecular Hbond substituents is 2. The quantitative estimate of drug-likeness (QED) is 0.694. The van der Waals surface area contributed by atoms with Crippen molar-refractivity contribution in [1.82, 2.24) is 15.1 Å². The minimum absolute atomic E-state index is 0.200. The van der Waals surface area contributed by atoms with Crippen LogP contribution in [0, 0.1) is 6.92 Å². The predicted octanol–water partition coefficient (Wildman–Crippen LogP) is 2.52. The summed E-state index contributed by atoms with van der Waals surface area (Å²) in [7, 11) is 0. The van der Waals surface area contributed by atoms with E-state index in [4.69, 9.17) is 4.52 Å². The van der Waals surface area contributed by atoms with Crippen LogP contribution in [0.4, 0.5) is 0 Å². The molecule has 0 atom stereocenters. The molecule has 100 valence electrons. The Morgan fingerprint density at radius 3 is 2.60 bits per heavy atom. The van der Waals surface area contributed by atoms with Gasteiger partial charge in [0, 0.05) is 11.3 Å². The van der Waals surface area contributed by atoms with Crippen molar-refractivity contribution in [3.8, 4) is 34.5 Å². The highest BCUT2D eigenvalue weighted by Crippen LogP contribution is 2.30. The number of benzene rings is 1. The molecule has 0 saturated heterocycles. The minimum atomic E-state index is -0.240. The zero-order chi connectivity index (χ0) is 14.1. The first kappa shape index (κ1) is 12.2. The minimum Gasteiger partial charge on any atom is -0.504 e. The molecule has 0 amide bonds. The predicted molar refractivity (Wildman–Crippen MR) is 71.0 cm³/mol. The van der Waals surface area contributed by atoms with E-state index in [-0.39, 0.29) is 17.4 Å². The van der Waals surface area contributed by atoms with E-state index in [0.29, 0.717) is 17.1 Å². The molecule has 2 N–H and O–H groups in total. The van der Waals surface area contributed by atoms with Gasteiger partial charge in [-0.25, -0.2) is 4.98 Å². The fourth-order valence-electron chi connectivity index (χ4n) is 1.77. The number of aromatic hydroxyl groups is 2. The molecule has 0 aliphatic heterocycles. The van der Waals surface area contributed by atoms with E-state index in [1.807, 2.05) is 19.1 Å². The molecule has 6 heteroatoms. The molecule has 0 aliphatic rings. The number of rotatable bonds is 2. The summed E-state index contributed by atoms with van der Waals surface area (Å²) in [6.45, 7) is 1.88. The smallest absolute Gasteiger partial charge is 0.258 e. The molecule has 1 aromatic carbocycles. The number of aromatic nitrogens is 3. The van der Waals surface area contributed by atoms with Gasteiger partial charge in [0.05, 0.1) is 0 Å². The Bertz CT molecular complexity index is 768. The topological polar surface area (TPSA) is 92.3 Å². The Kier molecular flexibility index (Phi) is 2.83. The Morgan fingerprint density at radius 1 is 1.00 bits per heavy atom. The van der Waals surface area contributed by atoms with Crippen LogP contribution in [0.5, 0.6) is 11.5 Å². The van der Waals surface area contributed by atoms with E-state index in [2.05, 4.69) is 15.1 Å². The highest BCUT2D eigenvalue weighted by molar-refractivity contribution is 5.61. The van der Waals surface area contributed by atoms with Gasteiger partial charge < -0.3 is 14.7 Å². The first-order valence-electron chi connectivity index (χ1n) is 5.93. The van der Waals surface area contributed by atoms with Crippen molar-refractivity contribution in [3.63, 3.8) is 0 Å². The Balaban J connectivity index is 1.99. The molecule has 2 heterocycles. The van der Waals surface area contributed by atoms with Gasteiger partial charge in [0.1, 0.15) is 5.69 Å². The van der Waals surface area contributed by atoms with Crippen molar-refractivity contribution in [2.24, 2.45) is 0 Å². The van der Waals surface area contributed by atoms with Crippen LogP contribution in [0.2, 0.25) is 0 Å². The monoisotopic (exact) mass is 269 g/mol. The zero-order valence-electron chi connectivity index (χ0n) is 10.6. The standard InChI is InChI=1S/C14H11N3O3/c1-8-3-2-4-10(15-8)13-16-14(20-17-13)9-5-6-11(18)12(19)7-9/h2-7,18-19H,1H3.